The van der Waals surface area contributed by atoms with Crippen molar-refractivity contribution in [1.29, 1.82) is 0 Å². The van der Waals surface area contributed by atoms with Crippen LogP contribution in [0.3, 0.4) is 0 Å². The molecule has 0 aromatic carbocycles. The van der Waals surface area contributed by atoms with E-state index in [-0.39, 0.29) is 12.1 Å². The number of carbonyl (C=O) groups is 1. The number of nitrogen functional groups attached to an aromatic ring is 1. The zero-order valence-corrected chi connectivity index (χ0v) is 7.12. The highest BCUT2D eigenvalue weighted by Crippen LogP contribution is 2.07. The summed E-state index contributed by atoms with van der Waals surface area (Å²) in [5, 5.41) is 8.29. The standard InChI is InChI=1S/C9H7FN2O2/c10-9-7(11)4-6(5-12-9)2-1-3-8(13)14/h4-5H,3,11H2,(H,13,14). The van der Waals surface area contributed by atoms with E-state index < -0.39 is 11.9 Å². The molecule has 14 heavy (non-hydrogen) atoms. The number of carboxylic acid groups (broad SMARTS) is 1. The molecular weight excluding hydrogens is 187 g/mol. The highest BCUT2D eigenvalue weighted by molar-refractivity contribution is 5.70. The van der Waals surface area contributed by atoms with Gasteiger partial charge in [0.1, 0.15) is 6.42 Å². The van der Waals surface area contributed by atoms with E-state index in [4.69, 9.17) is 10.8 Å². The highest BCUT2D eigenvalue weighted by Gasteiger charge is 1.98. The first-order chi connectivity index (χ1) is 6.59. The Hall–Kier alpha value is -2.09. The van der Waals surface area contributed by atoms with Crippen molar-refractivity contribution in [3.63, 3.8) is 0 Å². The molecule has 1 rings (SSSR count). The number of aliphatic carboxylic acids is 1. The highest BCUT2D eigenvalue weighted by atomic mass is 19.1. The third kappa shape index (κ3) is 2.75. The van der Waals surface area contributed by atoms with Crippen molar-refractivity contribution < 1.29 is 14.3 Å². The Balaban J connectivity index is 2.81. The van der Waals surface area contributed by atoms with Gasteiger partial charge in [-0.3, -0.25) is 4.79 Å². The summed E-state index contributed by atoms with van der Waals surface area (Å²) in [6, 6.07) is 1.30. The molecule has 0 bridgehead atoms. The molecule has 1 aromatic heterocycles. The minimum atomic E-state index is -1.01. The Morgan fingerprint density at radius 3 is 3.00 bits per heavy atom. The summed E-state index contributed by atoms with van der Waals surface area (Å²) in [4.78, 5) is 13.4. The van der Waals surface area contributed by atoms with Crippen LogP contribution in [0.1, 0.15) is 12.0 Å². The van der Waals surface area contributed by atoms with E-state index in [0.29, 0.717) is 5.56 Å². The summed E-state index contributed by atoms with van der Waals surface area (Å²) in [6.45, 7) is 0. The maximum Gasteiger partial charge on any atom is 0.315 e. The van der Waals surface area contributed by atoms with Crippen molar-refractivity contribution in [3.05, 3.63) is 23.8 Å². The zero-order chi connectivity index (χ0) is 10.6. The lowest BCUT2D eigenvalue weighted by atomic mass is 10.2. The predicted octanol–water partition coefficient (Wildman–Crippen LogP) is 0.629. The molecule has 0 aliphatic carbocycles. The van der Waals surface area contributed by atoms with E-state index >= 15 is 0 Å². The van der Waals surface area contributed by atoms with E-state index in [9.17, 15) is 9.18 Å². The van der Waals surface area contributed by atoms with Crippen LogP contribution in [0.5, 0.6) is 0 Å². The number of rotatable bonds is 1. The zero-order valence-electron chi connectivity index (χ0n) is 7.12. The first kappa shape index (κ1) is 9.99. The van der Waals surface area contributed by atoms with Gasteiger partial charge in [0.25, 0.3) is 0 Å². The SMILES string of the molecule is Nc1cc(C#CCC(=O)O)cnc1F. The van der Waals surface area contributed by atoms with Crippen molar-refractivity contribution in [2.75, 3.05) is 5.73 Å². The maximum atomic E-state index is 12.6. The third-order valence-electron chi connectivity index (χ3n) is 1.34. The Labute approximate surface area is 79.6 Å². The molecule has 1 aromatic rings. The summed E-state index contributed by atoms with van der Waals surface area (Å²) < 4.78 is 12.6. The van der Waals surface area contributed by atoms with Gasteiger partial charge < -0.3 is 10.8 Å². The van der Waals surface area contributed by atoms with Gasteiger partial charge in [-0.2, -0.15) is 4.39 Å². The fourth-order valence-corrected chi connectivity index (χ4v) is 0.755. The number of hydrogen-bond donors (Lipinski definition) is 2. The number of hydrogen-bond acceptors (Lipinski definition) is 3. The minimum absolute atomic E-state index is 0.105. The van der Waals surface area contributed by atoms with Crippen LogP contribution >= 0.6 is 0 Å². The Morgan fingerprint density at radius 1 is 1.71 bits per heavy atom. The Kier molecular flexibility index (Phi) is 3.02. The van der Waals surface area contributed by atoms with E-state index in [0.717, 1.165) is 0 Å². The van der Waals surface area contributed by atoms with Crippen LogP contribution in [0.4, 0.5) is 10.1 Å². The van der Waals surface area contributed by atoms with Gasteiger partial charge in [0.05, 0.1) is 5.69 Å². The van der Waals surface area contributed by atoms with E-state index in [1.165, 1.54) is 12.3 Å². The number of nitrogens with two attached hydrogens (primary N) is 1. The number of nitrogens with zero attached hydrogens (tertiary/aromatic N) is 1. The van der Waals surface area contributed by atoms with Crippen LogP contribution in [-0.4, -0.2) is 16.1 Å². The van der Waals surface area contributed by atoms with Crippen molar-refractivity contribution in [3.8, 4) is 11.8 Å². The van der Waals surface area contributed by atoms with Gasteiger partial charge >= 0.3 is 5.97 Å². The molecule has 0 fully saturated rings. The number of anilines is 1. The average Bonchev–Trinajstić information content (AvgIpc) is 2.10. The molecule has 0 radical (unpaired) electrons. The second kappa shape index (κ2) is 4.23. The van der Waals surface area contributed by atoms with Crippen LogP contribution in [0.25, 0.3) is 0 Å². The molecule has 0 saturated carbocycles. The van der Waals surface area contributed by atoms with Crippen molar-refractivity contribution in [2.45, 2.75) is 6.42 Å². The summed E-state index contributed by atoms with van der Waals surface area (Å²) in [5.41, 5.74) is 5.52. The second-order valence-electron chi connectivity index (χ2n) is 2.48. The van der Waals surface area contributed by atoms with Crippen LogP contribution in [0.2, 0.25) is 0 Å². The first-order valence-electron chi connectivity index (χ1n) is 3.71. The quantitative estimate of drug-likeness (QED) is 0.507. The molecule has 0 aliphatic heterocycles. The van der Waals surface area contributed by atoms with Gasteiger partial charge in [-0.05, 0) is 6.07 Å². The fourth-order valence-electron chi connectivity index (χ4n) is 0.755. The van der Waals surface area contributed by atoms with Gasteiger partial charge in [0.2, 0.25) is 5.95 Å². The molecule has 5 heteroatoms. The molecule has 1 heterocycles. The molecular formula is C9H7FN2O2. The summed E-state index contributed by atoms with van der Waals surface area (Å²) in [7, 11) is 0. The average molecular weight is 194 g/mol. The van der Waals surface area contributed by atoms with E-state index in [1.807, 2.05) is 0 Å². The van der Waals surface area contributed by atoms with Crippen LogP contribution in [0.15, 0.2) is 12.3 Å². The molecule has 0 spiro atoms. The molecule has 0 unspecified atom stereocenters. The lowest BCUT2D eigenvalue weighted by molar-refractivity contribution is -0.135. The normalized spacial score (nSPS) is 8.93. The number of carboxylic acids is 1. The van der Waals surface area contributed by atoms with Crippen molar-refractivity contribution >= 4 is 11.7 Å². The number of aromatic nitrogens is 1. The molecule has 4 nitrogen and oxygen atoms in total. The van der Waals surface area contributed by atoms with Gasteiger partial charge in [-0.15, -0.1) is 0 Å². The Bertz CT molecular complexity index is 421. The fraction of sp³-hybridized carbons (Fsp3) is 0.111. The monoisotopic (exact) mass is 194 g/mol. The predicted molar refractivity (Wildman–Crippen MR) is 47.7 cm³/mol. The first-order valence-corrected chi connectivity index (χ1v) is 3.71. The number of pyridine rings is 1. The third-order valence-corrected chi connectivity index (χ3v) is 1.34. The molecule has 0 atom stereocenters. The number of halogens is 1. The maximum absolute atomic E-state index is 12.6. The van der Waals surface area contributed by atoms with Crippen LogP contribution in [-0.2, 0) is 4.79 Å². The largest absolute Gasteiger partial charge is 0.481 e. The lowest BCUT2D eigenvalue weighted by Crippen LogP contribution is -1.94. The Morgan fingerprint density at radius 2 is 2.43 bits per heavy atom. The lowest BCUT2D eigenvalue weighted by Gasteiger charge is -1.94. The summed E-state index contributed by atoms with van der Waals surface area (Å²) in [5.74, 6) is 3.12. The van der Waals surface area contributed by atoms with Gasteiger partial charge in [0.15, 0.2) is 0 Å². The van der Waals surface area contributed by atoms with Gasteiger partial charge in [-0.25, -0.2) is 4.98 Å². The van der Waals surface area contributed by atoms with E-state index in [1.54, 1.807) is 0 Å². The van der Waals surface area contributed by atoms with Crippen LogP contribution in [0, 0.1) is 17.8 Å². The molecule has 3 N–H and O–H groups in total. The molecule has 0 saturated heterocycles. The van der Waals surface area contributed by atoms with Crippen molar-refractivity contribution in [2.24, 2.45) is 0 Å². The second-order valence-corrected chi connectivity index (χ2v) is 2.48. The molecule has 72 valence electrons. The molecule has 0 amide bonds. The minimum Gasteiger partial charge on any atom is -0.481 e. The molecule has 0 aliphatic rings. The topological polar surface area (TPSA) is 76.2 Å². The van der Waals surface area contributed by atoms with Crippen LogP contribution < -0.4 is 5.73 Å². The van der Waals surface area contributed by atoms with E-state index in [2.05, 4.69) is 16.8 Å². The van der Waals surface area contributed by atoms with Gasteiger partial charge in [-0.1, -0.05) is 11.8 Å². The smallest absolute Gasteiger partial charge is 0.315 e. The summed E-state index contributed by atoms with van der Waals surface area (Å²) >= 11 is 0. The van der Waals surface area contributed by atoms with Crippen molar-refractivity contribution in [1.82, 2.24) is 4.98 Å². The van der Waals surface area contributed by atoms with Gasteiger partial charge in [0, 0.05) is 11.8 Å². The summed E-state index contributed by atoms with van der Waals surface area (Å²) in [6.07, 6.45) is 0.928.